The van der Waals surface area contributed by atoms with E-state index in [9.17, 15) is 13.2 Å². The number of aliphatic carboxylic acids is 1. The third kappa shape index (κ3) is 3.54. The van der Waals surface area contributed by atoms with Crippen LogP contribution in [0.25, 0.3) is 0 Å². The van der Waals surface area contributed by atoms with Gasteiger partial charge < -0.3 is 9.67 Å². The maximum atomic E-state index is 11.9. The van der Waals surface area contributed by atoms with Crippen molar-refractivity contribution < 1.29 is 18.3 Å². The molecule has 0 bridgehead atoms. The van der Waals surface area contributed by atoms with Crippen LogP contribution in [0, 0.1) is 0 Å². The first-order valence-electron chi connectivity index (χ1n) is 5.67. The molecule has 0 aliphatic rings. The van der Waals surface area contributed by atoms with Gasteiger partial charge in [0.15, 0.2) is 5.03 Å². The molecule has 1 rings (SSSR count). The molecule has 0 spiro atoms. The SMILES string of the molecule is CCC[C@H](NS(=O)(=O)c1cn(CC)cn1)C(=O)O. The second-order valence-electron chi connectivity index (χ2n) is 3.84. The van der Waals surface area contributed by atoms with Crippen LogP contribution in [-0.2, 0) is 21.4 Å². The van der Waals surface area contributed by atoms with Crippen molar-refractivity contribution in [3.8, 4) is 0 Å². The Morgan fingerprint density at radius 2 is 2.22 bits per heavy atom. The molecule has 1 aromatic heterocycles. The number of aromatic nitrogens is 2. The zero-order valence-corrected chi connectivity index (χ0v) is 11.1. The highest BCUT2D eigenvalue weighted by Crippen LogP contribution is 2.08. The number of carboxylic acid groups (broad SMARTS) is 1. The first-order valence-corrected chi connectivity index (χ1v) is 7.16. The minimum Gasteiger partial charge on any atom is -0.480 e. The van der Waals surface area contributed by atoms with Gasteiger partial charge in [-0.3, -0.25) is 4.79 Å². The lowest BCUT2D eigenvalue weighted by molar-refractivity contribution is -0.139. The lowest BCUT2D eigenvalue weighted by Crippen LogP contribution is -2.40. The Labute approximate surface area is 106 Å². The van der Waals surface area contributed by atoms with E-state index in [1.165, 1.54) is 12.5 Å². The summed E-state index contributed by atoms with van der Waals surface area (Å²) in [5.41, 5.74) is 0. The molecule has 0 aromatic carbocycles. The van der Waals surface area contributed by atoms with Crippen molar-refractivity contribution >= 4 is 16.0 Å². The predicted octanol–water partition coefficient (Wildman–Crippen LogP) is 0.435. The number of hydrogen-bond donors (Lipinski definition) is 2. The monoisotopic (exact) mass is 275 g/mol. The number of aryl methyl sites for hydroxylation is 1. The molecular formula is C10H17N3O4S. The second kappa shape index (κ2) is 5.96. The van der Waals surface area contributed by atoms with E-state index in [4.69, 9.17) is 5.11 Å². The molecule has 18 heavy (non-hydrogen) atoms. The van der Waals surface area contributed by atoms with Crippen LogP contribution in [0.15, 0.2) is 17.6 Å². The minimum atomic E-state index is -3.88. The maximum Gasteiger partial charge on any atom is 0.321 e. The van der Waals surface area contributed by atoms with E-state index in [0.717, 1.165) is 0 Å². The standard InChI is InChI=1S/C10H17N3O4S/c1-3-5-8(10(14)15)12-18(16,17)9-6-13(4-2)7-11-9/h6-8,12H,3-5H2,1-2H3,(H,14,15)/t8-/m0/s1. The van der Waals surface area contributed by atoms with Gasteiger partial charge in [-0.15, -0.1) is 0 Å². The summed E-state index contributed by atoms with van der Waals surface area (Å²) >= 11 is 0. The molecule has 7 nitrogen and oxygen atoms in total. The molecule has 0 saturated heterocycles. The van der Waals surface area contributed by atoms with Crippen molar-refractivity contribution in [2.45, 2.75) is 44.3 Å². The van der Waals surface area contributed by atoms with Crippen LogP contribution in [0.1, 0.15) is 26.7 Å². The first-order chi connectivity index (χ1) is 8.40. The number of carboxylic acids is 1. The number of hydrogen-bond acceptors (Lipinski definition) is 4. The Morgan fingerprint density at radius 1 is 1.56 bits per heavy atom. The molecule has 102 valence electrons. The minimum absolute atomic E-state index is 0.160. The highest BCUT2D eigenvalue weighted by molar-refractivity contribution is 7.89. The summed E-state index contributed by atoms with van der Waals surface area (Å²) in [6.45, 7) is 4.23. The molecular weight excluding hydrogens is 258 g/mol. The smallest absolute Gasteiger partial charge is 0.321 e. The molecule has 0 amide bonds. The average molecular weight is 275 g/mol. The van der Waals surface area contributed by atoms with E-state index in [0.29, 0.717) is 13.0 Å². The number of nitrogens with one attached hydrogen (secondary N) is 1. The normalized spacial score (nSPS) is 13.4. The van der Waals surface area contributed by atoms with Crippen molar-refractivity contribution in [3.63, 3.8) is 0 Å². The molecule has 2 N–H and O–H groups in total. The topological polar surface area (TPSA) is 101 Å². The van der Waals surface area contributed by atoms with Crippen molar-refractivity contribution in [1.29, 1.82) is 0 Å². The summed E-state index contributed by atoms with van der Waals surface area (Å²) in [6, 6.07) is -1.12. The fraction of sp³-hybridized carbons (Fsp3) is 0.600. The van der Waals surface area contributed by atoms with Crippen LogP contribution in [0.2, 0.25) is 0 Å². The third-order valence-electron chi connectivity index (χ3n) is 2.42. The summed E-state index contributed by atoms with van der Waals surface area (Å²) in [6.07, 6.45) is 3.57. The van der Waals surface area contributed by atoms with Gasteiger partial charge in [0, 0.05) is 12.7 Å². The van der Waals surface area contributed by atoms with E-state index >= 15 is 0 Å². The largest absolute Gasteiger partial charge is 0.480 e. The van der Waals surface area contributed by atoms with Crippen LogP contribution in [0.4, 0.5) is 0 Å². The summed E-state index contributed by atoms with van der Waals surface area (Å²) in [7, 11) is -3.88. The van der Waals surface area contributed by atoms with Gasteiger partial charge in [-0.05, 0) is 13.3 Å². The zero-order valence-electron chi connectivity index (χ0n) is 10.3. The lowest BCUT2D eigenvalue weighted by Gasteiger charge is -2.12. The van der Waals surface area contributed by atoms with Gasteiger partial charge >= 0.3 is 5.97 Å². The number of rotatable bonds is 7. The van der Waals surface area contributed by atoms with Crippen LogP contribution >= 0.6 is 0 Å². The van der Waals surface area contributed by atoms with E-state index in [1.807, 2.05) is 6.92 Å². The van der Waals surface area contributed by atoms with Gasteiger partial charge in [0.25, 0.3) is 10.0 Å². The molecule has 0 unspecified atom stereocenters. The lowest BCUT2D eigenvalue weighted by atomic mass is 10.2. The van der Waals surface area contributed by atoms with Crippen LogP contribution < -0.4 is 4.72 Å². The third-order valence-corrected chi connectivity index (χ3v) is 3.78. The molecule has 0 fully saturated rings. The predicted molar refractivity (Wildman–Crippen MR) is 64.6 cm³/mol. The fourth-order valence-corrected chi connectivity index (χ4v) is 2.59. The summed E-state index contributed by atoms with van der Waals surface area (Å²) in [5.74, 6) is -1.18. The number of carbonyl (C=O) groups is 1. The van der Waals surface area contributed by atoms with Crippen LogP contribution in [0.3, 0.4) is 0 Å². The van der Waals surface area contributed by atoms with E-state index in [-0.39, 0.29) is 11.4 Å². The molecule has 0 aliphatic heterocycles. The van der Waals surface area contributed by atoms with Gasteiger partial charge in [-0.25, -0.2) is 13.4 Å². The maximum absolute atomic E-state index is 11.9. The number of imidazole rings is 1. The van der Waals surface area contributed by atoms with Crippen molar-refractivity contribution in [3.05, 3.63) is 12.5 Å². The van der Waals surface area contributed by atoms with Crippen molar-refractivity contribution in [2.75, 3.05) is 0 Å². The first kappa shape index (κ1) is 14.7. The Morgan fingerprint density at radius 3 is 2.67 bits per heavy atom. The molecule has 1 atom stereocenters. The summed E-state index contributed by atoms with van der Waals surface area (Å²) in [5, 5.41) is 8.75. The Kier molecular flexibility index (Phi) is 4.85. The van der Waals surface area contributed by atoms with E-state index in [2.05, 4.69) is 9.71 Å². The number of sulfonamides is 1. The summed E-state index contributed by atoms with van der Waals surface area (Å²) in [4.78, 5) is 14.7. The quantitative estimate of drug-likeness (QED) is 0.751. The highest BCUT2D eigenvalue weighted by Gasteiger charge is 2.26. The van der Waals surface area contributed by atoms with Gasteiger partial charge in [-0.1, -0.05) is 13.3 Å². The van der Waals surface area contributed by atoms with Gasteiger partial charge in [0.2, 0.25) is 0 Å². The van der Waals surface area contributed by atoms with Crippen molar-refractivity contribution in [1.82, 2.24) is 14.3 Å². The number of nitrogens with zero attached hydrogens (tertiary/aromatic N) is 2. The average Bonchev–Trinajstić information content (AvgIpc) is 2.77. The van der Waals surface area contributed by atoms with E-state index < -0.39 is 22.0 Å². The van der Waals surface area contributed by atoms with Gasteiger partial charge in [-0.2, -0.15) is 4.72 Å². The van der Waals surface area contributed by atoms with Crippen molar-refractivity contribution in [2.24, 2.45) is 0 Å². The highest BCUT2D eigenvalue weighted by atomic mass is 32.2. The van der Waals surface area contributed by atoms with E-state index in [1.54, 1.807) is 11.5 Å². The summed E-state index contributed by atoms with van der Waals surface area (Å²) < 4.78 is 27.5. The molecule has 0 aliphatic carbocycles. The molecule has 0 saturated carbocycles. The fourth-order valence-electron chi connectivity index (χ4n) is 1.42. The van der Waals surface area contributed by atoms with Crippen LogP contribution in [0.5, 0.6) is 0 Å². The molecule has 8 heteroatoms. The Hall–Kier alpha value is -1.41. The Balaban J connectivity index is 2.89. The second-order valence-corrected chi connectivity index (χ2v) is 5.50. The van der Waals surface area contributed by atoms with Crippen LogP contribution in [-0.4, -0.2) is 35.1 Å². The molecule has 0 radical (unpaired) electrons. The van der Waals surface area contributed by atoms with Gasteiger partial charge in [0.05, 0.1) is 6.33 Å². The van der Waals surface area contributed by atoms with Gasteiger partial charge in [0.1, 0.15) is 6.04 Å². The molecule has 1 aromatic rings. The zero-order chi connectivity index (χ0) is 13.8. The Bertz CT molecular complexity index is 509. The molecule has 1 heterocycles.